The molecule has 0 spiro atoms. The number of aliphatic hydroxyl groups excluding tert-OH is 1. The SMILES string of the molecule is C=CCn1c(=N)n(CC(O)c2ccc(Cl)c(Cl)c2)c2ccccc21. The lowest BCUT2D eigenvalue weighted by Gasteiger charge is -2.13. The zero-order chi connectivity index (χ0) is 17.3. The third kappa shape index (κ3) is 3.00. The van der Waals surface area contributed by atoms with Gasteiger partial charge in [0.2, 0.25) is 5.62 Å². The van der Waals surface area contributed by atoms with Gasteiger partial charge in [-0.25, -0.2) is 0 Å². The number of para-hydroxylation sites is 2. The molecule has 0 aliphatic carbocycles. The Morgan fingerprint density at radius 3 is 2.38 bits per heavy atom. The molecule has 1 atom stereocenters. The lowest BCUT2D eigenvalue weighted by Crippen LogP contribution is -2.26. The second-order valence-corrected chi connectivity index (χ2v) is 6.33. The van der Waals surface area contributed by atoms with Crippen molar-refractivity contribution in [1.82, 2.24) is 9.13 Å². The van der Waals surface area contributed by atoms with E-state index in [-0.39, 0.29) is 6.54 Å². The second kappa shape index (κ2) is 6.85. The zero-order valence-corrected chi connectivity index (χ0v) is 14.4. The van der Waals surface area contributed by atoms with E-state index >= 15 is 0 Å². The van der Waals surface area contributed by atoms with Crippen LogP contribution >= 0.6 is 23.2 Å². The molecule has 0 radical (unpaired) electrons. The molecule has 0 saturated heterocycles. The van der Waals surface area contributed by atoms with Crippen molar-refractivity contribution < 1.29 is 5.11 Å². The predicted octanol–water partition coefficient (Wildman–Crippen LogP) is 4.15. The quantitative estimate of drug-likeness (QED) is 0.659. The van der Waals surface area contributed by atoms with E-state index in [1.54, 1.807) is 28.8 Å². The number of rotatable bonds is 5. The van der Waals surface area contributed by atoms with Crippen LogP contribution in [0.15, 0.2) is 55.1 Å². The van der Waals surface area contributed by atoms with Crippen molar-refractivity contribution in [2.45, 2.75) is 19.2 Å². The Balaban J connectivity index is 2.03. The highest BCUT2D eigenvalue weighted by Crippen LogP contribution is 2.26. The number of hydrogen-bond donors (Lipinski definition) is 2. The average Bonchev–Trinajstić information content (AvgIpc) is 2.83. The highest BCUT2D eigenvalue weighted by Gasteiger charge is 2.15. The fourth-order valence-electron chi connectivity index (χ4n) is 2.79. The van der Waals surface area contributed by atoms with Crippen LogP contribution in [0, 0.1) is 5.41 Å². The van der Waals surface area contributed by atoms with E-state index in [0.29, 0.717) is 27.8 Å². The number of aromatic nitrogens is 2. The van der Waals surface area contributed by atoms with E-state index in [1.807, 2.05) is 28.8 Å². The molecule has 0 saturated carbocycles. The van der Waals surface area contributed by atoms with E-state index < -0.39 is 6.10 Å². The minimum absolute atomic E-state index is 0.251. The molecule has 124 valence electrons. The normalized spacial score (nSPS) is 12.5. The summed E-state index contributed by atoms with van der Waals surface area (Å²) in [6.45, 7) is 4.54. The van der Waals surface area contributed by atoms with Crippen molar-refractivity contribution in [1.29, 1.82) is 5.41 Å². The maximum atomic E-state index is 10.6. The monoisotopic (exact) mass is 361 g/mol. The molecule has 1 aromatic heterocycles. The smallest absolute Gasteiger partial charge is 0.203 e. The maximum Gasteiger partial charge on any atom is 0.203 e. The van der Waals surface area contributed by atoms with Crippen LogP contribution in [0.3, 0.4) is 0 Å². The van der Waals surface area contributed by atoms with E-state index in [9.17, 15) is 5.11 Å². The van der Waals surface area contributed by atoms with Gasteiger partial charge in [-0.1, -0.05) is 47.5 Å². The van der Waals surface area contributed by atoms with Gasteiger partial charge in [0.25, 0.3) is 0 Å². The van der Waals surface area contributed by atoms with Crippen LogP contribution in [-0.4, -0.2) is 14.2 Å². The number of benzene rings is 2. The largest absolute Gasteiger partial charge is 0.387 e. The van der Waals surface area contributed by atoms with Crippen molar-refractivity contribution in [3.8, 4) is 0 Å². The average molecular weight is 362 g/mol. The first-order chi connectivity index (χ1) is 11.5. The van der Waals surface area contributed by atoms with Crippen LogP contribution in [0.4, 0.5) is 0 Å². The first-order valence-corrected chi connectivity index (χ1v) is 8.25. The number of fused-ring (bicyclic) bond motifs is 1. The molecule has 2 N–H and O–H groups in total. The standard InChI is InChI=1S/C18H17Cl2N3O/c1-2-9-22-15-5-3-4-6-16(15)23(18(22)21)11-17(24)12-7-8-13(19)14(20)10-12/h2-8,10,17,21,24H,1,9,11H2. The Morgan fingerprint density at radius 1 is 1.08 bits per heavy atom. The van der Waals surface area contributed by atoms with Crippen LogP contribution in [0.5, 0.6) is 0 Å². The third-order valence-electron chi connectivity index (χ3n) is 3.97. The van der Waals surface area contributed by atoms with Gasteiger partial charge in [-0.15, -0.1) is 6.58 Å². The van der Waals surface area contributed by atoms with Crippen molar-refractivity contribution in [2.75, 3.05) is 0 Å². The molecule has 6 heteroatoms. The maximum absolute atomic E-state index is 10.6. The Bertz CT molecular complexity index is 959. The Kier molecular flexibility index (Phi) is 4.81. The zero-order valence-electron chi connectivity index (χ0n) is 12.9. The summed E-state index contributed by atoms with van der Waals surface area (Å²) in [6, 6.07) is 12.8. The van der Waals surface area contributed by atoms with Gasteiger partial charge in [0.05, 0.1) is 33.7 Å². The minimum Gasteiger partial charge on any atom is -0.387 e. The summed E-state index contributed by atoms with van der Waals surface area (Å²) in [5.41, 5.74) is 2.80. The molecule has 1 unspecified atom stereocenters. The van der Waals surface area contributed by atoms with Gasteiger partial charge in [0, 0.05) is 6.54 Å². The van der Waals surface area contributed by atoms with Gasteiger partial charge < -0.3 is 14.2 Å². The predicted molar refractivity (Wildman–Crippen MR) is 97.4 cm³/mol. The molecule has 3 aromatic rings. The van der Waals surface area contributed by atoms with Crippen molar-refractivity contribution in [3.63, 3.8) is 0 Å². The van der Waals surface area contributed by atoms with Crippen molar-refractivity contribution >= 4 is 34.2 Å². The highest BCUT2D eigenvalue weighted by atomic mass is 35.5. The van der Waals surface area contributed by atoms with E-state index in [0.717, 1.165) is 11.0 Å². The number of imidazole rings is 1. The van der Waals surface area contributed by atoms with Crippen LogP contribution < -0.4 is 5.62 Å². The number of halogens is 2. The molecule has 4 nitrogen and oxygen atoms in total. The molecule has 1 heterocycles. The first kappa shape index (κ1) is 16.8. The van der Waals surface area contributed by atoms with Crippen LogP contribution in [-0.2, 0) is 13.1 Å². The molecule has 0 amide bonds. The second-order valence-electron chi connectivity index (χ2n) is 5.51. The topological polar surface area (TPSA) is 53.9 Å². The van der Waals surface area contributed by atoms with Gasteiger partial charge in [0.1, 0.15) is 0 Å². The summed E-state index contributed by atoms with van der Waals surface area (Å²) in [6.07, 6.45) is 0.960. The van der Waals surface area contributed by atoms with Gasteiger partial charge in [-0.05, 0) is 29.8 Å². The fraction of sp³-hybridized carbons (Fsp3) is 0.167. The summed E-state index contributed by atoms with van der Waals surface area (Å²) in [5.74, 6) is 0. The molecular weight excluding hydrogens is 345 g/mol. The van der Waals surface area contributed by atoms with E-state index in [2.05, 4.69) is 6.58 Å². The lowest BCUT2D eigenvalue weighted by atomic mass is 10.1. The highest BCUT2D eigenvalue weighted by molar-refractivity contribution is 6.42. The van der Waals surface area contributed by atoms with Gasteiger partial charge in [0.15, 0.2) is 0 Å². The van der Waals surface area contributed by atoms with Crippen molar-refractivity contribution in [3.05, 3.63) is 76.3 Å². The van der Waals surface area contributed by atoms with Gasteiger partial charge >= 0.3 is 0 Å². The summed E-state index contributed by atoms with van der Waals surface area (Å²) >= 11 is 12.0. The summed E-state index contributed by atoms with van der Waals surface area (Å²) < 4.78 is 3.63. The molecule has 0 aliphatic heterocycles. The molecule has 0 bridgehead atoms. The lowest BCUT2D eigenvalue weighted by molar-refractivity contribution is 0.156. The number of hydrogen-bond acceptors (Lipinski definition) is 2. The van der Waals surface area contributed by atoms with E-state index in [1.165, 1.54) is 0 Å². The summed E-state index contributed by atoms with van der Waals surface area (Å²) in [5, 5.41) is 19.9. The van der Waals surface area contributed by atoms with Crippen molar-refractivity contribution in [2.24, 2.45) is 0 Å². The molecule has 3 rings (SSSR count). The Hall–Kier alpha value is -2.01. The Labute approximate surface area is 149 Å². The minimum atomic E-state index is -0.795. The number of nitrogens with zero attached hydrogens (tertiary/aromatic N) is 2. The van der Waals surface area contributed by atoms with Crippen LogP contribution in [0.25, 0.3) is 11.0 Å². The number of allylic oxidation sites excluding steroid dienone is 1. The summed E-state index contributed by atoms with van der Waals surface area (Å²) in [7, 11) is 0. The molecule has 2 aromatic carbocycles. The fourth-order valence-corrected chi connectivity index (χ4v) is 3.10. The molecule has 0 aliphatic rings. The Morgan fingerprint density at radius 2 is 1.75 bits per heavy atom. The van der Waals surface area contributed by atoms with Gasteiger partial charge in [-0.2, -0.15) is 0 Å². The molecule has 24 heavy (non-hydrogen) atoms. The van der Waals surface area contributed by atoms with Crippen LogP contribution in [0.1, 0.15) is 11.7 Å². The number of aliphatic hydroxyl groups is 1. The van der Waals surface area contributed by atoms with E-state index in [4.69, 9.17) is 28.6 Å². The number of nitrogens with one attached hydrogen (secondary N) is 1. The first-order valence-electron chi connectivity index (χ1n) is 7.49. The van der Waals surface area contributed by atoms with Gasteiger partial charge in [-0.3, -0.25) is 5.41 Å². The third-order valence-corrected chi connectivity index (χ3v) is 4.71. The molecule has 0 fully saturated rings. The summed E-state index contributed by atoms with van der Waals surface area (Å²) in [4.78, 5) is 0. The molecular formula is C18H17Cl2N3O. The van der Waals surface area contributed by atoms with Crippen LogP contribution in [0.2, 0.25) is 10.0 Å².